The van der Waals surface area contributed by atoms with Crippen molar-refractivity contribution in [3.8, 4) is 11.3 Å². The normalized spacial score (nSPS) is 10.8. The van der Waals surface area contributed by atoms with Crippen LogP contribution in [0.25, 0.3) is 11.3 Å². The highest BCUT2D eigenvalue weighted by Crippen LogP contribution is 2.21. The van der Waals surface area contributed by atoms with Crippen molar-refractivity contribution in [2.24, 2.45) is 0 Å². The van der Waals surface area contributed by atoms with Gasteiger partial charge in [-0.3, -0.25) is 0 Å². The maximum Gasteiger partial charge on any atom is 0.123 e. The van der Waals surface area contributed by atoms with Crippen LogP contribution in [0, 0.1) is 11.6 Å². The van der Waals surface area contributed by atoms with Crippen LogP contribution in [0.15, 0.2) is 54.6 Å². The summed E-state index contributed by atoms with van der Waals surface area (Å²) in [7, 11) is 0. The summed E-state index contributed by atoms with van der Waals surface area (Å²) in [6, 6.07) is 14.1. The molecule has 5 heteroatoms. The van der Waals surface area contributed by atoms with Gasteiger partial charge in [-0.25, -0.2) is 13.5 Å². The molecule has 0 fully saturated rings. The fourth-order valence-corrected chi connectivity index (χ4v) is 2.16. The largest absolute Gasteiger partial charge is 0.384 e. The minimum absolute atomic E-state index is 0.302. The zero-order valence-corrected chi connectivity index (χ0v) is 11.1. The fraction of sp³-hybridized carbons (Fsp3) is 0.0625. The molecule has 106 valence electrons. The third-order valence-corrected chi connectivity index (χ3v) is 3.15. The Labute approximate surface area is 120 Å². The first kappa shape index (κ1) is 13.3. The summed E-state index contributed by atoms with van der Waals surface area (Å²) >= 11 is 0. The predicted octanol–water partition coefficient (Wildman–Crippen LogP) is 3.46. The van der Waals surface area contributed by atoms with Crippen LogP contribution in [0.5, 0.6) is 0 Å². The Morgan fingerprint density at radius 3 is 2.38 bits per heavy atom. The maximum atomic E-state index is 13.2. The molecule has 0 radical (unpaired) electrons. The van der Waals surface area contributed by atoms with Crippen molar-refractivity contribution in [3.05, 3.63) is 71.8 Å². The van der Waals surface area contributed by atoms with Crippen LogP contribution < -0.4 is 5.73 Å². The van der Waals surface area contributed by atoms with E-state index in [0.717, 1.165) is 5.56 Å². The van der Waals surface area contributed by atoms with Gasteiger partial charge in [0.25, 0.3) is 0 Å². The van der Waals surface area contributed by atoms with Crippen LogP contribution in [0.4, 0.5) is 14.6 Å². The van der Waals surface area contributed by atoms with Crippen molar-refractivity contribution in [2.75, 3.05) is 5.73 Å². The summed E-state index contributed by atoms with van der Waals surface area (Å²) in [6.45, 7) is 0.360. The average molecular weight is 285 g/mol. The number of benzene rings is 2. The summed E-state index contributed by atoms with van der Waals surface area (Å²) in [5.41, 5.74) is 7.91. The van der Waals surface area contributed by atoms with Crippen LogP contribution >= 0.6 is 0 Å². The van der Waals surface area contributed by atoms with E-state index in [4.69, 9.17) is 5.73 Å². The molecule has 0 bridgehead atoms. The molecule has 0 atom stereocenters. The van der Waals surface area contributed by atoms with Crippen molar-refractivity contribution in [2.45, 2.75) is 6.54 Å². The summed E-state index contributed by atoms with van der Waals surface area (Å²) in [4.78, 5) is 0. The third-order valence-electron chi connectivity index (χ3n) is 3.15. The zero-order chi connectivity index (χ0) is 14.8. The number of anilines is 1. The molecule has 0 unspecified atom stereocenters. The summed E-state index contributed by atoms with van der Waals surface area (Å²) < 4.78 is 28.0. The van der Waals surface area contributed by atoms with Crippen molar-refractivity contribution < 1.29 is 8.78 Å². The van der Waals surface area contributed by atoms with E-state index >= 15 is 0 Å². The van der Waals surface area contributed by atoms with Crippen molar-refractivity contribution >= 4 is 5.82 Å². The van der Waals surface area contributed by atoms with Crippen LogP contribution in [0.3, 0.4) is 0 Å². The molecule has 3 rings (SSSR count). The van der Waals surface area contributed by atoms with E-state index < -0.39 is 0 Å². The van der Waals surface area contributed by atoms with Gasteiger partial charge < -0.3 is 5.73 Å². The smallest absolute Gasteiger partial charge is 0.123 e. The maximum absolute atomic E-state index is 13.2. The zero-order valence-electron chi connectivity index (χ0n) is 11.1. The molecule has 0 spiro atoms. The van der Waals surface area contributed by atoms with Gasteiger partial charge in [0, 0.05) is 11.6 Å². The second-order valence-electron chi connectivity index (χ2n) is 4.75. The molecule has 1 heterocycles. The van der Waals surface area contributed by atoms with Gasteiger partial charge >= 0.3 is 0 Å². The minimum Gasteiger partial charge on any atom is -0.384 e. The Morgan fingerprint density at radius 2 is 1.67 bits per heavy atom. The Bertz CT molecular complexity index is 781. The molecular weight excluding hydrogens is 272 g/mol. The number of aromatic nitrogens is 2. The van der Waals surface area contributed by atoms with Gasteiger partial charge in [-0.05, 0) is 29.8 Å². The Kier molecular flexibility index (Phi) is 3.39. The van der Waals surface area contributed by atoms with Gasteiger partial charge in [0.1, 0.15) is 17.5 Å². The van der Waals surface area contributed by atoms with Gasteiger partial charge in [0.15, 0.2) is 0 Å². The van der Waals surface area contributed by atoms with Crippen LogP contribution in [-0.4, -0.2) is 9.78 Å². The summed E-state index contributed by atoms with van der Waals surface area (Å²) in [5.74, 6) is -0.187. The SMILES string of the molecule is Nc1cc(-c2cccc(F)c2)nn1Cc1cccc(F)c1. The Balaban J connectivity index is 1.91. The molecule has 0 aliphatic carbocycles. The molecule has 3 aromatic rings. The van der Waals surface area contributed by atoms with Gasteiger partial charge in [-0.15, -0.1) is 0 Å². The van der Waals surface area contributed by atoms with Crippen molar-refractivity contribution in [1.29, 1.82) is 0 Å². The van der Waals surface area contributed by atoms with E-state index in [-0.39, 0.29) is 11.6 Å². The topological polar surface area (TPSA) is 43.8 Å². The number of hydrogen-bond acceptors (Lipinski definition) is 2. The first-order chi connectivity index (χ1) is 10.1. The lowest BCUT2D eigenvalue weighted by Gasteiger charge is -2.04. The first-order valence-electron chi connectivity index (χ1n) is 6.45. The highest BCUT2D eigenvalue weighted by Gasteiger charge is 2.08. The number of nitrogens with two attached hydrogens (primary N) is 1. The van der Waals surface area contributed by atoms with E-state index in [9.17, 15) is 8.78 Å². The molecule has 3 nitrogen and oxygen atoms in total. The molecule has 0 aliphatic heterocycles. The number of nitrogen functional groups attached to an aromatic ring is 1. The van der Waals surface area contributed by atoms with E-state index in [1.165, 1.54) is 24.3 Å². The van der Waals surface area contributed by atoms with Gasteiger partial charge in [-0.1, -0.05) is 24.3 Å². The minimum atomic E-state index is -0.328. The molecule has 2 N–H and O–H groups in total. The van der Waals surface area contributed by atoms with Crippen LogP contribution in [-0.2, 0) is 6.54 Å². The van der Waals surface area contributed by atoms with E-state index in [2.05, 4.69) is 5.10 Å². The standard InChI is InChI=1S/C16H13F2N3/c17-13-5-1-3-11(7-13)10-21-16(19)9-15(20-21)12-4-2-6-14(18)8-12/h1-9H,10,19H2. The van der Waals surface area contributed by atoms with E-state index in [1.54, 1.807) is 35.0 Å². The lowest BCUT2D eigenvalue weighted by atomic mass is 10.1. The number of nitrogens with zero attached hydrogens (tertiary/aromatic N) is 2. The van der Waals surface area contributed by atoms with E-state index in [0.29, 0.717) is 23.6 Å². The molecule has 1 aromatic heterocycles. The first-order valence-corrected chi connectivity index (χ1v) is 6.45. The highest BCUT2D eigenvalue weighted by atomic mass is 19.1. The highest BCUT2D eigenvalue weighted by molar-refractivity contribution is 5.62. The molecule has 0 amide bonds. The lowest BCUT2D eigenvalue weighted by Crippen LogP contribution is -2.05. The van der Waals surface area contributed by atoms with Crippen LogP contribution in [0.1, 0.15) is 5.56 Å². The quantitative estimate of drug-likeness (QED) is 0.801. The molecule has 0 saturated heterocycles. The molecule has 2 aromatic carbocycles. The Morgan fingerprint density at radius 1 is 0.952 bits per heavy atom. The summed E-state index contributed by atoms with van der Waals surface area (Å²) in [5, 5.41) is 4.35. The number of halogens is 2. The third kappa shape index (κ3) is 2.91. The predicted molar refractivity (Wildman–Crippen MR) is 77.5 cm³/mol. The second-order valence-corrected chi connectivity index (χ2v) is 4.75. The molecular formula is C16H13F2N3. The van der Waals surface area contributed by atoms with Crippen molar-refractivity contribution in [1.82, 2.24) is 9.78 Å². The number of rotatable bonds is 3. The molecule has 0 saturated carbocycles. The lowest BCUT2D eigenvalue weighted by molar-refractivity contribution is 0.620. The van der Waals surface area contributed by atoms with Gasteiger partial charge in [-0.2, -0.15) is 5.10 Å². The Hall–Kier alpha value is -2.69. The summed E-state index contributed by atoms with van der Waals surface area (Å²) in [6.07, 6.45) is 0. The second kappa shape index (κ2) is 5.36. The van der Waals surface area contributed by atoms with Gasteiger partial charge in [0.2, 0.25) is 0 Å². The van der Waals surface area contributed by atoms with Crippen molar-refractivity contribution in [3.63, 3.8) is 0 Å². The monoisotopic (exact) mass is 285 g/mol. The van der Waals surface area contributed by atoms with Crippen LogP contribution in [0.2, 0.25) is 0 Å². The van der Waals surface area contributed by atoms with Gasteiger partial charge in [0.05, 0.1) is 12.2 Å². The number of hydrogen-bond donors (Lipinski definition) is 1. The van der Waals surface area contributed by atoms with E-state index in [1.807, 2.05) is 0 Å². The molecule has 21 heavy (non-hydrogen) atoms. The fourth-order valence-electron chi connectivity index (χ4n) is 2.16. The average Bonchev–Trinajstić information content (AvgIpc) is 2.80. The molecule has 0 aliphatic rings.